The first-order valence-corrected chi connectivity index (χ1v) is 7.52. The SMILES string of the molecule is C=C1CC[C@@H]2[C@@H](C)[C@H](OC(C)=O)[C@H](O)C(=C(C)C)[C@@H]2C1. The Morgan fingerprint density at radius 1 is 1.35 bits per heavy atom. The molecular weight excluding hydrogens is 252 g/mol. The Morgan fingerprint density at radius 2 is 2.00 bits per heavy atom. The molecule has 2 fully saturated rings. The van der Waals surface area contributed by atoms with Crippen LogP contribution in [0.1, 0.15) is 47.0 Å². The van der Waals surface area contributed by atoms with Crippen molar-refractivity contribution >= 4 is 5.97 Å². The van der Waals surface area contributed by atoms with E-state index in [-0.39, 0.29) is 11.9 Å². The summed E-state index contributed by atoms with van der Waals surface area (Å²) in [6, 6.07) is 0. The summed E-state index contributed by atoms with van der Waals surface area (Å²) in [4.78, 5) is 11.3. The molecule has 0 aliphatic heterocycles. The number of esters is 1. The molecule has 3 heteroatoms. The lowest BCUT2D eigenvalue weighted by atomic mass is 9.60. The van der Waals surface area contributed by atoms with Crippen LogP contribution in [0.2, 0.25) is 0 Å². The Bertz CT molecular complexity index is 445. The van der Waals surface area contributed by atoms with Crippen molar-refractivity contribution in [1.82, 2.24) is 0 Å². The Balaban J connectivity index is 2.37. The minimum absolute atomic E-state index is 0.190. The van der Waals surface area contributed by atoms with E-state index in [9.17, 15) is 9.90 Å². The zero-order chi connectivity index (χ0) is 15.0. The Kier molecular flexibility index (Phi) is 4.38. The number of carbonyl (C=O) groups excluding carboxylic acids is 1. The molecule has 0 spiro atoms. The molecule has 0 amide bonds. The molecule has 0 unspecified atom stereocenters. The zero-order valence-electron chi connectivity index (χ0n) is 13.0. The van der Waals surface area contributed by atoms with Gasteiger partial charge in [0.2, 0.25) is 0 Å². The van der Waals surface area contributed by atoms with E-state index in [2.05, 4.69) is 13.5 Å². The number of fused-ring (bicyclic) bond motifs is 1. The van der Waals surface area contributed by atoms with Crippen molar-refractivity contribution in [3.8, 4) is 0 Å². The lowest BCUT2D eigenvalue weighted by Crippen LogP contribution is -2.50. The largest absolute Gasteiger partial charge is 0.459 e. The van der Waals surface area contributed by atoms with Gasteiger partial charge in [-0.05, 0) is 56.4 Å². The molecule has 112 valence electrons. The van der Waals surface area contributed by atoms with Gasteiger partial charge in [-0.15, -0.1) is 0 Å². The van der Waals surface area contributed by atoms with Crippen molar-refractivity contribution in [3.05, 3.63) is 23.3 Å². The van der Waals surface area contributed by atoms with Crippen LogP contribution in [0.3, 0.4) is 0 Å². The van der Waals surface area contributed by atoms with Crippen LogP contribution in [0, 0.1) is 17.8 Å². The zero-order valence-corrected chi connectivity index (χ0v) is 13.0. The number of hydrogen-bond acceptors (Lipinski definition) is 3. The number of ether oxygens (including phenoxy) is 1. The third-order valence-electron chi connectivity index (χ3n) is 4.96. The molecule has 0 aromatic rings. The van der Waals surface area contributed by atoms with Gasteiger partial charge in [-0.1, -0.05) is 24.6 Å². The van der Waals surface area contributed by atoms with Crippen LogP contribution in [0.15, 0.2) is 23.3 Å². The van der Waals surface area contributed by atoms with E-state index in [1.54, 1.807) is 0 Å². The summed E-state index contributed by atoms with van der Waals surface area (Å²) in [7, 11) is 0. The molecule has 0 heterocycles. The molecule has 2 aliphatic rings. The van der Waals surface area contributed by atoms with Crippen molar-refractivity contribution in [2.45, 2.75) is 59.2 Å². The normalized spacial score (nSPS) is 37.4. The highest BCUT2D eigenvalue weighted by atomic mass is 16.6. The van der Waals surface area contributed by atoms with Gasteiger partial charge in [0.15, 0.2) is 0 Å². The van der Waals surface area contributed by atoms with Crippen LogP contribution in [0.5, 0.6) is 0 Å². The summed E-state index contributed by atoms with van der Waals surface area (Å²) in [6.07, 6.45) is 1.99. The van der Waals surface area contributed by atoms with E-state index in [1.165, 1.54) is 12.5 Å². The maximum Gasteiger partial charge on any atom is 0.303 e. The minimum atomic E-state index is -0.675. The number of hydrogen-bond donors (Lipinski definition) is 1. The van der Waals surface area contributed by atoms with E-state index in [1.807, 2.05) is 13.8 Å². The first-order valence-electron chi connectivity index (χ1n) is 7.52. The minimum Gasteiger partial charge on any atom is -0.459 e. The Labute approximate surface area is 121 Å². The standard InChI is InChI=1S/C17H26O3/c1-9(2)15-14-8-10(3)6-7-13(14)11(4)17(16(15)19)20-12(5)18/h11,13-14,16-17,19H,3,6-8H2,1-2,4-5H3/t11-,13-,14-,16-,17+/m1/s1. The van der Waals surface area contributed by atoms with Gasteiger partial charge in [0.25, 0.3) is 0 Å². The highest BCUT2D eigenvalue weighted by Crippen LogP contribution is 2.49. The average Bonchev–Trinajstić information content (AvgIpc) is 2.33. The predicted octanol–water partition coefficient (Wildman–Crippen LogP) is 3.24. The van der Waals surface area contributed by atoms with E-state index in [4.69, 9.17) is 4.74 Å². The summed E-state index contributed by atoms with van der Waals surface area (Å²) in [5.41, 5.74) is 3.49. The van der Waals surface area contributed by atoms with Crippen molar-refractivity contribution in [1.29, 1.82) is 0 Å². The first kappa shape index (κ1) is 15.3. The topological polar surface area (TPSA) is 46.5 Å². The molecule has 0 radical (unpaired) electrons. The summed E-state index contributed by atoms with van der Waals surface area (Å²) in [6.45, 7) is 11.7. The van der Waals surface area contributed by atoms with E-state index >= 15 is 0 Å². The number of aliphatic hydroxyl groups is 1. The van der Waals surface area contributed by atoms with Crippen LogP contribution in [0.25, 0.3) is 0 Å². The quantitative estimate of drug-likeness (QED) is 0.591. The molecule has 3 nitrogen and oxygen atoms in total. The third-order valence-corrected chi connectivity index (χ3v) is 4.96. The fraction of sp³-hybridized carbons (Fsp3) is 0.706. The van der Waals surface area contributed by atoms with Crippen LogP contribution >= 0.6 is 0 Å². The molecule has 0 saturated heterocycles. The van der Waals surface area contributed by atoms with Gasteiger partial charge in [0.05, 0.1) is 0 Å². The van der Waals surface area contributed by atoms with Crippen LogP contribution in [-0.2, 0) is 9.53 Å². The highest BCUT2D eigenvalue weighted by Gasteiger charge is 2.48. The summed E-state index contributed by atoms with van der Waals surface area (Å²) >= 11 is 0. The lowest BCUT2D eigenvalue weighted by Gasteiger charge is -2.48. The number of allylic oxidation sites excluding steroid dienone is 2. The number of rotatable bonds is 1. The lowest BCUT2D eigenvalue weighted by molar-refractivity contribution is -0.161. The van der Waals surface area contributed by atoms with Crippen molar-refractivity contribution in [2.75, 3.05) is 0 Å². The molecule has 2 aliphatic carbocycles. The van der Waals surface area contributed by atoms with Gasteiger partial charge in [-0.3, -0.25) is 4.79 Å². The second-order valence-corrected chi connectivity index (χ2v) is 6.60. The third kappa shape index (κ3) is 2.69. The Morgan fingerprint density at radius 3 is 2.55 bits per heavy atom. The first-order chi connectivity index (χ1) is 9.32. The van der Waals surface area contributed by atoms with E-state index < -0.39 is 12.2 Å². The molecular formula is C17H26O3. The number of aliphatic hydroxyl groups excluding tert-OH is 1. The van der Waals surface area contributed by atoms with Crippen LogP contribution in [-0.4, -0.2) is 23.3 Å². The summed E-state index contributed by atoms with van der Waals surface area (Å²) in [5, 5.41) is 10.7. The summed E-state index contributed by atoms with van der Waals surface area (Å²) < 4.78 is 5.43. The van der Waals surface area contributed by atoms with Gasteiger partial charge in [0, 0.05) is 6.92 Å². The fourth-order valence-electron chi connectivity index (χ4n) is 4.06. The number of carbonyl (C=O) groups is 1. The van der Waals surface area contributed by atoms with Gasteiger partial charge < -0.3 is 9.84 Å². The Hall–Kier alpha value is -1.09. The van der Waals surface area contributed by atoms with Crippen molar-refractivity contribution in [2.24, 2.45) is 17.8 Å². The molecule has 0 bridgehead atoms. The average molecular weight is 278 g/mol. The van der Waals surface area contributed by atoms with Crippen LogP contribution < -0.4 is 0 Å². The summed E-state index contributed by atoms with van der Waals surface area (Å²) in [5.74, 6) is 0.707. The van der Waals surface area contributed by atoms with Crippen molar-refractivity contribution in [3.63, 3.8) is 0 Å². The van der Waals surface area contributed by atoms with Gasteiger partial charge in [0.1, 0.15) is 12.2 Å². The van der Waals surface area contributed by atoms with Gasteiger partial charge in [-0.2, -0.15) is 0 Å². The molecule has 0 aromatic carbocycles. The molecule has 0 aromatic heterocycles. The van der Waals surface area contributed by atoms with Gasteiger partial charge >= 0.3 is 5.97 Å². The molecule has 1 N–H and O–H groups in total. The van der Waals surface area contributed by atoms with E-state index in [0.717, 1.165) is 30.4 Å². The second kappa shape index (κ2) is 5.72. The van der Waals surface area contributed by atoms with E-state index in [0.29, 0.717) is 11.8 Å². The smallest absolute Gasteiger partial charge is 0.303 e. The van der Waals surface area contributed by atoms with Crippen molar-refractivity contribution < 1.29 is 14.6 Å². The highest BCUT2D eigenvalue weighted by molar-refractivity contribution is 5.66. The molecule has 5 atom stereocenters. The molecule has 2 saturated carbocycles. The maximum absolute atomic E-state index is 11.3. The van der Waals surface area contributed by atoms with Crippen LogP contribution in [0.4, 0.5) is 0 Å². The predicted molar refractivity (Wildman–Crippen MR) is 79.1 cm³/mol. The second-order valence-electron chi connectivity index (χ2n) is 6.60. The molecule has 2 rings (SSSR count). The molecule has 20 heavy (non-hydrogen) atoms. The maximum atomic E-state index is 11.3. The fourth-order valence-corrected chi connectivity index (χ4v) is 4.06. The monoisotopic (exact) mass is 278 g/mol. The van der Waals surface area contributed by atoms with Gasteiger partial charge in [-0.25, -0.2) is 0 Å².